The van der Waals surface area contributed by atoms with Crippen LogP contribution in [-0.2, 0) is 0 Å². The molecule has 0 radical (unpaired) electrons. The number of furan rings is 3. The monoisotopic (exact) mass is 1420 g/mol. The van der Waals surface area contributed by atoms with Gasteiger partial charge in [-0.2, -0.15) is 0 Å². The Morgan fingerprint density at radius 2 is 0.396 bits per heavy atom. The van der Waals surface area contributed by atoms with Crippen LogP contribution in [0.3, 0.4) is 0 Å². The van der Waals surface area contributed by atoms with Crippen LogP contribution in [0.25, 0.3) is 219 Å². The lowest BCUT2D eigenvalue weighted by Crippen LogP contribution is -1.91. The minimum absolute atomic E-state index is 0.202. The minimum Gasteiger partial charge on any atom is -0.456 e. The van der Waals surface area contributed by atoms with Crippen LogP contribution >= 0.6 is 0 Å². The SMILES string of the molecule is [2H]c1c([2H])c([2H])c(-c2c3ccccc3c(-c3ccc(-c4ccccc4)c4oc5ccccc5c34)c3ccccc23)c([2H])c1[2H].c1ccc(-c2c3ccccc3c(-c3ccc(-c4ccccc4)c4oc5ccccc5c34)c3ccccc23)cc1.c1ccc(-c2c3ccccc3c(-c3cccc4oc5ccccc5c34)c3ccccc23)cc1. The molecular formula is C108H68O3. The first-order valence-corrected chi connectivity index (χ1v) is 37.6. The fourth-order valence-electron chi connectivity index (χ4n) is 17.5. The third kappa shape index (κ3) is 10.9. The van der Waals surface area contributed by atoms with Gasteiger partial charge in [0.05, 0.1) is 6.85 Å². The molecule has 3 heterocycles. The Kier molecular flexibility index (Phi) is 14.6. The van der Waals surface area contributed by atoms with E-state index in [1.807, 2.05) is 91.0 Å². The Morgan fingerprint density at radius 3 is 0.739 bits per heavy atom. The van der Waals surface area contributed by atoms with E-state index in [1.165, 1.54) is 93.0 Å². The highest BCUT2D eigenvalue weighted by atomic mass is 16.3. The molecule has 518 valence electrons. The maximum Gasteiger partial charge on any atom is 0.143 e. The van der Waals surface area contributed by atoms with Crippen LogP contribution in [0.2, 0.25) is 0 Å². The Bertz CT molecular complexity index is 7680. The predicted molar refractivity (Wildman–Crippen MR) is 470 cm³/mol. The molecule has 3 heteroatoms. The maximum atomic E-state index is 8.84. The van der Waals surface area contributed by atoms with Crippen LogP contribution in [0.4, 0.5) is 0 Å². The van der Waals surface area contributed by atoms with Gasteiger partial charge in [0.15, 0.2) is 0 Å². The zero-order valence-electron chi connectivity index (χ0n) is 65.1. The Morgan fingerprint density at radius 1 is 0.153 bits per heavy atom. The number of hydrogen-bond donors (Lipinski definition) is 0. The summed E-state index contributed by atoms with van der Waals surface area (Å²) in [5.41, 5.74) is 22.4. The van der Waals surface area contributed by atoms with Gasteiger partial charge in [-0.15, -0.1) is 0 Å². The van der Waals surface area contributed by atoms with Gasteiger partial charge in [0.25, 0.3) is 0 Å². The van der Waals surface area contributed by atoms with E-state index in [2.05, 4.69) is 291 Å². The molecule has 0 aliphatic rings. The van der Waals surface area contributed by atoms with Gasteiger partial charge < -0.3 is 13.3 Å². The van der Waals surface area contributed by atoms with Crippen molar-refractivity contribution in [3.8, 4) is 89.0 Å². The molecule has 0 aliphatic carbocycles. The minimum atomic E-state index is -0.401. The van der Waals surface area contributed by atoms with Crippen LogP contribution < -0.4 is 0 Å². The second-order valence-electron chi connectivity index (χ2n) is 28.2. The second-order valence-corrected chi connectivity index (χ2v) is 28.2. The molecule has 3 nitrogen and oxygen atoms in total. The third-order valence-electron chi connectivity index (χ3n) is 22.1. The van der Waals surface area contributed by atoms with Gasteiger partial charge in [0.2, 0.25) is 0 Å². The van der Waals surface area contributed by atoms with Gasteiger partial charge >= 0.3 is 0 Å². The lowest BCUT2D eigenvalue weighted by molar-refractivity contribution is 0.669. The molecule has 0 fully saturated rings. The van der Waals surface area contributed by atoms with E-state index in [-0.39, 0.29) is 29.7 Å². The number of rotatable bonds is 8. The van der Waals surface area contributed by atoms with Gasteiger partial charge in [-0.3, -0.25) is 0 Å². The first-order valence-electron chi connectivity index (χ1n) is 40.1. The Hall–Kier alpha value is -14.6. The van der Waals surface area contributed by atoms with Crippen LogP contribution in [0.15, 0.2) is 426 Å². The number of para-hydroxylation sites is 3. The fraction of sp³-hybridized carbons (Fsp3) is 0. The highest BCUT2D eigenvalue weighted by molar-refractivity contribution is 6.30. The first kappa shape index (κ1) is 59.5. The van der Waals surface area contributed by atoms with E-state index in [4.69, 9.17) is 20.1 Å². The number of fused-ring (bicyclic) bond motifs is 15. The van der Waals surface area contributed by atoms with Gasteiger partial charge in [0.1, 0.15) is 33.5 Å². The topological polar surface area (TPSA) is 39.4 Å². The lowest BCUT2D eigenvalue weighted by atomic mass is 9.84. The summed E-state index contributed by atoms with van der Waals surface area (Å²) < 4.78 is 62.1. The van der Waals surface area contributed by atoms with E-state index >= 15 is 0 Å². The quantitative estimate of drug-likeness (QED) is 0.142. The summed E-state index contributed by atoms with van der Waals surface area (Å²) in [6.45, 7) is 0. The first-order chi connectivity index (χ1) is 57.2. The van der Waals surface area contributed by atoms with Crippen molar-refractivity contribution in [3.63, 3.8) is 0 Å². The van der Waals surface area contributed by atoms with Crippen LogP contribution in [-0.4, -0.2) is 0 Å². The molecule has 0 atom stereocenters. The predicted octanol–water partition coefficient (Wildman–Crippen LogP) is 31.0. The van der Waals surface area contributed by atoms with Crippen molar-refractivity contribution >= 4 is 130 Å². The molecule has 0 saturated heterocycles. The zero-order chi connectivity index (χ0) is 77.6. The molecule has 20 aromatic carbocycles. The normalized spacial score (nSPS) is 12.2. The molecule has 0 bridgehead atoms. The van der Waals surface area contributed by atoms with Gasteiger partial charge in [-0.05, 0) is 179 Å². The summed E-state index contributed by atoms with van der Waals surface area (Å²) in [5.74, 6) is 0. The van der Waals surface area contributed by atoms with Crippen LogP contribution in [0.5, 0.6) is 0 Å². The number of benzene rings is 20. The van der Waals surface area contributed by atoms with Crippen molar-refractivity contribution in [2.45, 2.75) is 0 Å². The summed E-state index contributed by atoms with van der Waals surface area (Å²) >= 11 is 0. The molecule has 0 spiro atoms. The summed E-state index contributed by atoms with van der Waals surface area (Å²) in [5, 5.41) is 20.2. The van der Waals surface area contributed by atoms with E-state index < -0.39 is 6.04 Å². The average molecular weight is 1420 g/mol. The highest BCUT2D eigenvalue weighted by Crippen LogP contribution is 2.53. The van der Waals surface area contributed by atoms with E-state index in [9.17, 15) is 0 Å². The van der Waals surface area contributed by atoms with Crippen molar-refractivity contribution in [1.82, 2.24) is 0 Å². The van der Waals surface area contributed by atoms with Gasteiger partial charge in [-0.1, -0.05) is 376 Å². The molecule has 23 rings (SSSR count). The molecule has 23 aromatic rings. The Labute approximate surface area is 648 Å². The van der Waals surface area contributed by atoms with Crippen molar-refractivity contribution in [2.24, 2.45) is 0 Å². The van der Waals surface area contributed by atoms with E-state index in [1.54, 1.807) is 0 Å². The second kappa shape index (κ2) is 27.3. The summed E-state index contributed by atoms with van der Waals surface area (Å²) in [4.78, 5) is 0. The van der Waals surface area contributed by atoms with E-state index in [0.29, 0.717) is 5.56 Å². The molecule has 0 aliphatic heterocycles. The van der Waals surface area contributed by atoms with Crippen LogP contribution in [0.1, 0.15) is 6.85 Å². The smallest absolute Gasteiger partial charge is 0.143 e. The summed E-state index contributed by atoms with van der Waals surface area (Å²) in [6, 6.07) is 132. The number of hydrogen-bond acceptors (Lipinski definition) is 3. The third-order valence-corrected chi connectivity index (χ3v) is 22.1. The van der Waals surface area contributed by atoms with E-state index in [0.717, 1.165) is 115 Å². The van der Waals surface area contributed by atoms with Crippen LogP contribution in [0, 0.1) is 0 Å². The van der Waals surface area contributed by atoms with Crippen molar-refractivity contribution < 1.29 is 20.1 Å². The molecule has 0 amide bonds. The van der Waals surface area contributed by atoms with Crippen molar-refractivity contribution in [1.29, 1.82) is 0 Å². The molecule has 111 heavy (non-hydrogen) atoms. The molecule has 3 aromatic heterocycles. The molecule has 0 unspecified atom stereocenters. The largest absolute Gasteiger partial charge is 0.456 e. The molecular weight excluding hydrogens is 1350 g/mol. The lowest BCUT2D eigenvalue weighted by Gasteiger charge is -2.18. The standard InChI is InChI=1S/2C38H24O.C32H20O/c2*1-3-13-25(14-4-1)27-23-24-33(37-32-21-11-12-22-34(32)39-38(27)37)36-30-19-9-7-17-28(30)35(26-15-5-2-6-16-26)29-18-8-10-20-31(29)36;1-2-11-21(12-3-1)30-22-13-4-6-15-24(22)31(25-16-7-5-14-23(25)30)27-18-10-20-29-32(27)26-17-8-9-19-28(26)33-29/h2*1-24H;1-20H/i2D,5D,6D,15D,16D;;. The zero-order valence-corrected chi connectivity index (χ0v) is 60.1. The van der Waals surface area contributed by atoms with Gasteiger partial charge in [0, 0.05) is 43.4 Å². The molecule has 0 saturated carbocycles. The van der Waals surface area contributed by atoms with Crippen molar-refractivity contribution in [2.75, 3.05) is 0 Å². The molecule has 0 N–H and O–H groups in total. The maximum absolute atomic E-state index is 8.84. The summed E-state index contributed by atoms with van der Waals surface area (Å²) in [7, 11) is 0. The fourth-order valence-corrected chi connectivity index (χ4v) is 17.5. The van der Waals surface area contributed by atoms with Crippen molar-refractivity contribution in [3.05, 3.63) is 412 Å². The average Bonchev–Trinajstić information content (AvgIpc) is 0.989. The highest BCUT2D eigenvalue weighted by Gasteiger charge is 2.26. The summed E-state index contributed by atoms with van der Waals surface area (Å²) in [6.07, 6.45) is 0. The Balaban J connectivity index is 0.000000110. The van der Waals surface area contributed by atoms with Gasteiger partial charge in [-0.25, -0.2) is 0 Å².